The van der Waals surface area contributed by atoms with E-state index >= 15 is 0 Å². The maximum Gasteiger partial charge on any atom is 0.240 e. The number of hydrogen-bond donors (Lipinski definition) is 1. The maximum atomic E-state index is 13.0. The van der Waals surface area contributed by atoms with E-state index in [2.05, 4.69) is 28.9 Å². The SMILES string of the molecule is CCN(Cc1noc(CN)n1)C(C)c1ccc(F)cc1. The lowest BCUT2D eigenvalue weighted by Gasteiger charge is -2.26. The summed E-state index contributed by atoms with van der Waals surface area (Å²) in [5.74, 6) is 0.821. The Kier molecular flexibility index (Phi) is 4.81. The molecule has 2 aromatic rings. The molecule has 2 N–H and O–H groups in total. The van der Waals surface area contributed by atoms with Gasteiger partial charge in [-0.3, -0.25) is 4.90 Å². The summed E-state index contributed by atoms with van der Waals surface area (Å²) < 4.78 is 18.0. The summed E-state index contributed by atoms with van der Waals surface area (Å²) in [6, 6.07) is 6.68. The van der Waals surface area contributed by atoms with Crippen LogP contribution < -0.4 is 5.73 Å². The predicted molar refractivity (Wildman–Crippen MR) is 73.1 cm³/mol. The molecule has 1 heterocycles. The Hall–Kier alpha value is -1.79. The van der Waals surface area contributed by atoms with Crippen LogP contribution in [0.5, 0.6) is 0 Å². The fourth-order valence-electron chi connectivity index (χ4n) is 2.09. The smallest absolute Gasteiger partial charge is 0.240 e. The third-order valence-corrected chi connectivity index (χ3v) is 3.34. The Labute approximate surface area is 117 Å². The largest absolute Gasteiger partial charge is 0.338 e. The van der Waals surface area contributed by atoms with Crippen molar-refractivity contribution in [3.05, 3.63) is 47.4 Å². The van der Waals surface area contributed by atoms with Gasteiger partial charge in [-0.2, -0.15) is 4.98 Å². The van der Waals surface area contributed by atoms with Crippen molar-refractivity contribution in [2.24, 2.45) is 5.73 Å². The zero-order chi connectivity index (χ0) is 14.5. The molecule has 6 heteroatoms. The van der Waals surface area contributed by atoms with Gasteiger partial charge < -0.3 is 10.3 Å². The van der Waals surface area contributed by atoms with Crippen LogP contribution in [0.15, 0.2) is 28.8 Å². The van der Waals surface area contributed by atoms with E-state index in [9.17, 15) is 4.39 Å². The van der Waals surface area contributed by atoms with Crippen LogP contribution in [-0.2, 0) is 13.1 Å². The number of hydrogen-bond acceptors (Lipinski definition) is 5. The molecule has 5 nitrogen and oxygen atoms in total. The van der Waals surface area contributed by atoms with E-state index in [0.717, 1.165) is 12.1 Å². The Morgan fingerprint density at radius 2 is 2.05 bits per heavy atom. The summed E-state index contributed by atoms with van der Waals surface area (Å²) >= 11 is 0. The van der Waals surface area contributed by atoms with E-state index in [1.54, 1.807) is 12.1 Å². The Morgan fingerprint density at radius 3 is 2.60 bits per heavy atom. The fraction of sp³-hybridized carbons (Fsp3) is 0.429. The van der Waals surface area contributed by atoms with E-state index < -0.39 is 0 Å². The number of benzene rings is 1. The molecule has 1 atom stereocenters. The quantitative estimate of drug-likeness (QED) is 0.877. The fourth-order valence-corrected chi connectivity index (χ4v) is 2.09. The first kappa shape index (κ1) is 14.6. The van der Waals surface area contributed by atoms with Gasteiger partial charge in [-0.05, 0) is 31.2 Å². The molecule has 0 amide bonds. The van der Waals surface area contributed by atoms with Crippen LogP contribution in [0.25, 0.3) is 0 Å². The molecule has 1 aromatic carbocycles. The van der Waals surface area contributed by atoms with Crippen LogP contribution in [0.2, 0.25) is 0 Å². The molecular weight excluding hydrogens is 259 g/mol. The molecular formula is C14H19FN4O. The molecule has 0 spiro atoms. The lowest BCUT2D eigenvalue weighted by Crippen LogP contribution is -2.27. The molecule has 0 saturated carbocycles. The van der Waals surface area contributed by atoms with Crippen LogP contribution in [0.3, 0.4) is 0 Å². The lowest BCUT2D eigenvalue weighted by atomic mass is 10.1. The Balaban J connectivity index is 2.08. The molecule has 108 valence electrons. The first-order valence-electron chi connectivity index (χ1n) is 6.65. The summed E-state index contributed by atoms with van der Waals surface area (Å²) in [5.41, 5.74) is 6.50. The molecule has 2 rings (SSSR count). The average molecular weight is 278 g/mol. The average Bonchev–Trinajstić information content (AvgIpc) is 2.92. The first-order chi connectivity index (χ1) is 9.63. The second-order valence-electron chi connectivity index (χ2n) is 4.60. The zero-order valence-electron chi connectivity index (χ0n) is 11.7. The van der Waals surface area contributed by atoms with Crippen molar-refractivity contribution in [3.8, 4) is 0 Å². The normalized spacial score (nSPS) is 12.8. The van der Waals surface area contributed by atoms with Gasteiger partial charge in [0.25, 0.3) is 0 Å². The summed E-state index contributed by atoms with van der Waals surface area (Å²) in [5, 5.41) is 3.90. The van der Waals surface area contributed by atoms with Crippen molar-refractivity contribution in [1.82, 2.24) is 15.0 Å². The topological polar surface area (TPSA) is 68.2 Å². The van der Waals surface area contributed by atoms with Gasteiger partial charge in [0, 0.05) is 6.04 Å². The van der Waals surface area contributed by atoms with Gasteiger partial charge in [0.2, 0.25) is 5.89 Å². The highest BCUT2D eigenvalue weighted by molar-refractivity contribution is 5.19. The first-order valence-corrected chi connectivity index (χ1v) is 6.65. The summed E-state index contributed by atoms with van der Waals surface area (Å²) in [7, 11) is 0. The second-order valence-corrected chi connectivity index (χ2v) is 4.60. The van der Waals surface area contributed by atoms with Gasteiger partial charge in [0.05, 0.1) is 13.1 Å². The molecule has 20 heavy (non-hydrogen) atoms. The highest BCUT2D eigenvalue weighted by atomic mass is 19.1. The van der Waals surface area contributed by atoms with E-state index in [-0.39, 0.29) is 18.4 Å². The lowest BCUT2D eigenvalue weighted by molar-refractivity contribution is 0.204. The van der Waals surface area contributed by atoms with E-state index in [4.69, 9.17) is 10.3 Å². The monoisotopic (exact) mass is 278 g/mol. The predicted octanol–water partition coefficient (Wildman–Crippen LogP) is 2.25. The highest BCUT2D eigenvalue weighted by Crippen LogP contribution is 2.21. The second kappa shape index (κ2) is 6.58. The summed E-state index contributed by atoms with van der Waals surface area (Å²) in [4.78, 5) is 6.38. The van der Waals surface area contributed by atoms with Gasteiger partial charge in [-0.15, -0.1) is 0 Å². The van der Waals surface area contributed by atoms with Gasteiger partial charge in [-0.25, -0.2) is 4.39 Å². The van der Waals surface area contributed by atoms with Crippen LogP contribution in [-0.4, -0.2) is 21.6 Å². The minimum atomic E-state index is -0.227. The number of rotatable bonds is 6. The third-order valence-electron chi connectivity index (χ3n) is 3.34. The zero-order valence-corrected chi connectivity index (χ0v) is 11.7. The Bertz CT molecular complexity index is 540. The van der Waals surface area contributed by atoms with Gasteiger partial charge in [0.1, 0.15) is 5.82 Å². The van der Waals surface area contributed by atoms with Crippen molar-refractivity contribution in [1.29, 1.82) is 0 Å². The van der Waals surface area contributed by atoms with E-state index in [1.807, 2.05) is 0 Å². The van der Waals surface area contributed by atoms with Crippen LogP contribution >= 0.6 is 0 Å². The number of nitrogens with two attached hydrogens (primary N) is 1. The highest BCUT2D eigenvalue weighted by Gasteiger charge is 2.17. The van der Waals surface area contributed by atoms with Gasteiger partial charge in [-0.1, -0.05) is 24.2 Å². The van der Waals surface area contributed by atoms with E-state index in [1.165, 1.54) is 12.1 Å². The Morgan fingerprint density at radius 1 is 1.35 bits per heavy atom. The molecule has 0 fully saturated rings. The van der Waals surface area contributed by atoms with Crippen molar-refractivity contribution in [2.75, 3.05) is 6.54 Å². The van der Waals surface area contributed by atoms with Crippen molar-refractivity contribution < 1.29 is 8.91 Å². The molecule has 0 saturated heterocycles. The van der Waals surface area contributed by atoms with Gasteiger partial charge >= 0.3 is 0 Å². The van der Waals surface area contributed by atoms with Crippen molar-refractivity contribution >= 4 is 0 Å². The molecule has 1 unspecified atom stereocenters. The number of halogens is 1. The molecule has 1 aromatic heterocycles. The molecule has 0 radical (unpaired) electrons. The maximum absolute atomic E-state index is 13.0. The minimum Gasteiger partial charge on any atom is -0.338 e. The minimum absolute atomic E-state index is 0.139. The van der Waals surface area contributed by atoms with Crippen molar-refractivity contribution in [2.45, 2.75) is 33.0 Å². The standard InChI is InChI=1S/C14H19FN4O/c1-3-19(9-13-17-14(8-16)20-18-13)10(2)11-4-6-12(15)7-5-11/h4-7,10H,3,8-9,16H2,1-2H3. The van der Waals surface area contributed by atoms with Crippen molar-refractivity contribution in [3.63, 3.8) is 0 Å². The van der Waals surface area contributed by atoms with E-state index in [0.29, 0.717) is 18.3 Å². The van der Waals surface area contributed by atoms with Gasteiger partial charge in [0.15, 0.2) is 5.82 Å². The molecule has 0 bridgehead atoms. The van der Waals surface area contributed by atoms with Crippen LogP contribution in [0.4, 0.5) is 4.39 Å². The summed E-state index contributed by atoms with van der Waals surface area (Å²) in [6.45, 7) is 5.76. The van der Waals surface area contributed by atoms with Crippen LogP contribution in [0, 0.1) is 5.82 Å². The third kappa shape index (κ3) is 3.40. The molecule has 0 aliphatic rings. The molecule has 0 aliphatic heterocycles. The summed E-state index contributed by atoms with van der Waals surface area (Å²) in [6.07, 6.45) is 0. The number of aromatic nitrogens is 2. The van der Waals surface area contributed by atoms with Crippen LogP contribution in [0.1, 0.15) is 37.2 Å². The molecule has 0 aliphatic carbocycles. The number of nitrogens with zero attached hydrogens (tertiary/aromatic N) is 3.